The number of benzene rings is 2. The molecule has 4 rings (SSSR count). The summed E-state index contributed by atoms with van der Waals surface area (Å²) in [6.07, 6.45) is -3.24. The fourth-order valence-electron chi connectivity index (χ4n) is 3.33. The monoisotopic (exact) mass is 457 g/mol. The second kappa shape index (κ2) is 8.26. The zero-order valence-corrected chi connectivity index (χ0v) is 16.6. The summed E-state index contributed by atoms with van der Waals surface area (Å²) in [6, 6.07) is 12.2. The Morgan fingerprint density at radius 1 is 1.00 bits per heavy atom. The highest BCUT2D eigenvalue weighted by atomic mass is 19.4. The van der Waals surface area contributed by atoms with Crippen molar-refractivity contribution >= 4 is 28.8 Å². The first kappa shape index (κ1) is 21.8. The lowest BCUT2D eigenvalue weighted by Gasteiger charge is -2.14. The molecule has 0 radical (unpaired) electrons. The van der Waals surface area contributed by atoms with Crippen molar-refractivity contribution in [1.29, 1.82) is 0 Å². The first-order chi connectivity index (χ1) is 15.6. The molecule has 0 fully saturated rings. The minimum Gasteiger partial charge on any atom is -0.467 e. The Labute approximate surface area is 184 Å². The predicted octanol–water partition coefficient (Wildman–Crippen LogP) is 4.60. The van der Waals surface area contributed by atoms with Gasteiger partial charge in [-0.15, -0.1) is 0 Å². The Kier molecular flexibility index (Phi) is 5.46. The van der Waals surface area contributed by atoms with Gasteiger partial charge in [0.25, 0.3) is 17.5 Å². The molecular formula is C22H14F3N3O5. The van der Waals surface area contributed by atoms with Crippen molar-refractivity contribution in [3.05, 3.63) is 99.6 Å². The molecule has 0 atom stereocenters. The Bertz CT molecular complexity index is 1270. The van der Waals surface area contributed by atoms with Crippen LogP contribution in [-0.2, 0) is 22.3 Å². The van der Waals surface area contributed by atoms with E-state index in [1.807, 2.05) is 0 Å². The summed E-state index contributed by atoms with van der Waals surface area (Å²) in [5, 5.41) is 13.6. The van der Waals surface area contributed by atoms with Crippen molar-refractivity contribution in [2.24, 2.45) is 0 Å². The molecule has 3 aromatic rings. The van der Waals surface area contributed by atoms with Gasteiger partial charge < -0.3 is 9.73 Å². The zero-order valence-electron chi connectivity index (χ0n) is 16.6. The van der Waals surface area contributed by atoms with Gasteiger partial charge in [-0.3, -0.25) is 24.6 Å². The summed E-state index contributed by atoms with van der Waals surface area (Å²) in [7, 11) is 0. The van der Waals surface area contributed by atoms with Crippen molar-refractivity contribution < 1.29 is 32.1 Å². The molecule has 33 heavy (non-hydrogen) atoms. The summed E-state index contributed by atoms with van der Waals surface area (Å²) in [5.41, 5.74) is -1.40. The Morgan fingerprint density at radius 2 is 1.73 bits per heavy atom. The number of nitrogens with one attached hydrogen (secondary N) is 1. The lowest BCUT2D eigenvalue weighted by Crippen LogP contribution is -2.31. The largest absolute Gasteiger partial charge is 0.467 e. The fourth-order valence-corrected chi connectivity index (χ4v) is 3.33. The minimum atomic E-state index is -4.60. The summed E-state index contributed by atoms with van der Waals surface area (Å²) in [6.45, 7) is -0.199. The van der Waals surface area contributed by atoms with E-state index in [0.717, 1.165) is 29.2 Å². The van der Waals surface area contributed by atoms with E-state index in [4.69, 9.17) is 4.42 Å². The van der Waals surface area contributed by atoms with E-state index in [0.29, 0.717) is 5.76 Å². The standard InChI is InChI=1S/C22H14F3N3O5/c23-22(24,25)14-3-1-4-15(11-14)26-19-18(13-6-8-16(9-7-13)28(31)32)20(29)27(21(19)30)12-17-5-2-10-33-17/h1-11,26H,12H2. The number of anilines is 1. The molecule has 1 aliphatic heterocycles. The average molecular weight is 457 g/mol. The average Bonchev–Trinajstić information content (AvgIpc) is 3.36. The number of halogens is 3. The molecule has 8 nitrogen and oxygen atoms in total. The van der Waals surface area contributed by atoms with Crippen molar-refractivity contribution in [2.75, 3.05) is 5.32 Å². The van der Waals surface area contributed by atoms with Crippen LogP contribution in [0.4, 0.5) is 24.5 Å². The molecule has 0 bridgehead atoms. The summed E-state index contributed by atoms with van der Waals surface area (Å²) in [4.78, 5) is 37.4. The predicted molar refractivity (Wildman–Crippen MR) is 109 cm³/mol. The van der Waals surface area contributed by atoms with Crippen LogP contribution >= 0.6 is 0 Å². The summed E-state index contributed by atoms with van der Waals surface area (Å²) in [5.74, 6) is -1.18. The van der Waals surface area contributed by atoms with Gasteiger partial charge in [0.2, 0.25) is 0 Å². The van der Waals surface area contributed by atoms with Crippen molar-refractivity contribution in [3.63, 3.8) is 0 Å². The van der Waals surface area contributed by atoms with Crippen LogP contribution in [0, 0.1) is 10.1 Å². The lowest BCUT2D eigenvalue weighted by atomic mass is 10.0. The third-order valence-corrected chi connectivity index (χ3v) is 4.89. The van der Waals surface area contributed by atoms with Crippen molar-refractivity contribution in [1.82, 2.24) is 4.90 Å². The van der Waals surface area contributed by atoms with Gasteiger partial charge in [-0.2, -0.15) is 13.2 Å². The van der Waals surface area contributed by atoms with E-state index in [-0.39, 0.29) is 34.8 Å². The molecule has 0 aliphatic carbocycles. The molecule has 11 heteroatoms. The number of nitro groups is 1. The maximum atomic E-state index is 13.1. The van der Waals surface area contributed by atoms with Crippen LogP contribution < -0.4 is 5.32 Å². The lowest BCUT2D eigenvalue weighted by molar-refractivity contribution is -0.384. The van der Waals surface area contributed by atoms with E-state index in [9.17, 15) is 32.9 Å². The molecule has 2 heterocycles. The number of furan rings is 1. The molecule has 0 spiro atoms. The van der Waals surface area contributed by atoms with E-state index in [1.54, 1.807) is 12.1 Å². The van der Waals surface area contributed by atoms with Gasteiger partial charge in [0, 0.05) is 17.8 Å². The number of rotatable bonds is 6. The van der Waals surface area contributed by atoms with Crippen molar-refractivity contribution in [2.45, 2.75) is 12.7 Å². The molecule has 2 amide bonds. The van der Waals surface area contributed by atoms with Gasteiger partial charge in [-0.1, -0.05) is 6.07 Å². The SMILES string of the molecule is O=C1C(Nc2cccc(C(F)(F)F)c2)=C(c2ccc([N+](=O)[O-])cc2)C(=O)N1Cc1ccco1. The van der Waals surface area contributed by atoms with Crippen LogP contribution in [-0.4, -0.2) is 21.6 Å². The van der Waals surface area contributed by atoms with E-state index >= 15 is 0 Å². The van der Waals surface area contributed by atoms with Gasteiger partial charge in [0.15, 0.2) is 0 Å². The Morgan fingerprint density at radius 3 is 2.33 bits per heavy atom. The molecule has 0 saturated carbocycles. The zero-order chi connectivity index (χ0) is 23.8. The number of carbonyl (C=O) groups is 2. The van der Waals surface area contributed by atoms with E-state index in [1.165, 1.54) is 30.5 Å². The summed E-state index contributed by atoms with van der Waals surface area (Å²) >= 11 is 0. The molecule has 1 aliphatic rings. The highest BCUT2D eigenvalue weighted by molar-refractivity contribution is 6.36. The van der Waals surface area contributed by atoms with Crippen LogP contribution in [0.2, 0.25) is 0 Å². The van der Waals surface area contributed by atoms with E-state index in [2.05, 4.69) is 5.32 Å². The maximum Gasteiger partial charge on any atom is 0.416 e. The van der Waals surface area contributed by atoms with Gasteiger partial charge in [0.1, 0.15) is 11.5 Å². The third-order valence-electron chi connectivity index (χ3n) is 4.89. The van der Waals surface area contributed by atoms with Crippen LogP contribution in [0.1, 0.15) is 16.9 Å². The van der Waals surface area contributed by atoms with E-state index < -0.39 is 28.5 Å². The van der Waals surface area contributed by atoms with Gasteiger partial charge >= 0.3 is 6.18 Å². The topological polar surface area (TPSA) is 106 Å². The Balaban J connectivity index is 1.76. The van der Waals surface area contributed by atoms with Gasteiger partial charge in [-0.05, 0) is 48.0 Å². The molecule has 0 unspecified atom stereocenters. The minimum absolute atomic E-state index is 0.0553. The molecular weight excluding hydrogens is 443 g/mol. The van der Waals surface area contributed by atoms with Crippen LogP contribution in [0.5, 0.6) is 0 Å². The number of hydrogen-bond donors (Lipinski definition) is 1. The second-order valence-corrected chi connectivity index (χ2v) is 7.03. The summed E-state index contributed by atoms with van der Waals surface area (Å²) < 4.78 is 44.5. The maximum absolute atomic E-state index is 13.1. The van der Waals surface area contributed by atoms with Crippen LogP contribution in [0.25, 0.3) is 5.57 Å². The highest BCUT2D eigenvalue weighted by Gasteiger charge is 2.40. The number of alkyl halides is 3. The normalized spacial score (nSPS) is 14.2. The number of amides is 2. The molecule has 2 aromatic carbocycles. The number of imide groups is 1. The van der Waals surface area contributed by atoms with Crippen LogP contribution in [0.3, 0.4) is 0 Å². The third kappa shape index (κ3) is 4.33. The Hall–Kier alpha value is -4.41. The smallest absolute Gasteiger partial charge is 0.416 e. The fraction of sp³-hybridized carbons (Fsp3) is 0.0909. The molecule has 0 saturated heterocycles. The first-order valence-corrected chi connectivity index (χ1v) is 9.47. The highest BCUT2D eigenvalue weighted by Crippen LogP contribution is 2.34. The number of carbonyl (C=O) groups excluding carboxylic acids is 2. The molecule has 1 N–H and O–H groups in total. The number of hydrogen-bond acceptors (Lipinski definition) is 6. The first-order valence-electron chi connectivity index (χ1n) is 9.47. The van der Waals surface area contributed by atoms with Gasteiger partial charge in [-0.25, -0.2) is 0 Å². The second-order valence-electron chi connectivity index (χ2n) is 7.03. The molecule has 1 aromatic heterocycles. The quantitative estimate of drug-likeness (QED) is 0.330. The number of nitro benzene ring substituents is 1. The van der Waals surface area contributed by atoms with Crippen LogP contribution in [0.15, 0.2) is 77.0 Å². The van der Waals surface area contributed by atoms with Crippen molar-refractivity contribution in [3.8, 4) is 0 Å². The number of non-ortho nitro benzene ring substituents is 1. The van der Waals surface area contributed by atoms with Gasteiger partial charge in [0.05, 0.1) is 28.9 Å². The molecule has 168 valence electrons. The number of nitrogens with zero attached hydrogens (tertiary/aromatic N) is 2.